The van der Waals surface area contributed by atoms with Crippen LogP contribution in [0.5, 0.6) is 5.75 Å². The normalized spacial score (nSPS) is 12.3. The molecule has 0 bridgehead atoms. The molecule has 2 N–H and O–H groups in total. The van der Waals surface area contributed by atoms with Crippen LogP contribution in [0.3, 0.4) is 0 Å². The van der Waals surface area contributed by atoms with E-state index >= 15 is 0 Å². The Hall–Kier alpha value is -2.54. The topological polar surface area (TPSA) is 84.5 Å². The zero-order valence-electron chi connectivity index (χ0n) is 17.9. The summed E-state index contributed by atoms with van der Waals surface area (Å²) >= 11 is 0. The fraction of sp³-hybridized carbons (Fsp3) is 0.409. The summed E-state index contributed by atoms with van der Waals surface area (Å²) in [5, 5.41) is 3.00. The summed E-state index contributed by atoms with van der Waals surface area (Å²) in [6, 6.07) is 12.7. The number of para-hydroxylation sites is 2. The first-order chi connectivity index (χ1) is 13.3. The lowest BCUT2D eigenvalue weighted by Gasteiger charge is -2.33. The third-order valence-electron chi connectivity index (χ3n) is 4.18. The maximum Gasteiger partial charge on any atom is 0.262 e. The summed E-state index contributed by atoms with van der Waals surface area (Å²) in [7, 11) is -2.41. The Bertz CT molecular complexity index is 976. The third kappa shape index (κ3) is 6.49. The molecule has 0 unspecified atom stereocenters. The Morgan fingerprint density at radius 2 is 1.66 bits per heavy atom. The zero-order valence-corrected chi connectivity index (χ0v) is 18.7. The minimum Gasteiger partial charge on any atom is -0.495 e. The highest BCUT2D eigenvalue weighted by Gasteiger charge is 2.28. The van der Waals surface area contributed by atoms with Crippen LogP contribution in [0.2, 0.25) is 0 Å². The second-order valence-corrected chi connectivity index (χ2v) is 10.6. The van der Waals surface area contributed by atoms with Crippen LogP contribution in [-0.4, -0.2) is 27.0 Å². The van der Waals surface area contributed by atoms with Gasteiger partial charge in [-0.25, -0.2) is 8.42 Å². The Morgan fingerprint density at radius 3 is 2.28 bits per heavy atom. The molecule has 0 saturated carbocycles. The molecule has 0 spiro atoms. The first-order valence-electron chi connectivity index (χ1n) is 9.41. The zero-order chi connectivity index (χ0) is 21.9. The highest BCUT2D eigenvalue weighted by atomic mass is 32.2. The second-order valence-electron chi connectivity index (χ2n) is 8.91. The summed E-state index contributed by atoms with van der Waals surface area (Å²) in [6.45, 7) is 10.2. The summed E-state index contributed by atoms with van der Waals surface area (Å²) < 4.78 is 33.3. The molecule has 0 aliphatic heterocycles. The minimum absolute atomic E-state index is 0.00434. The number of hydrogen-bond acceptors (Lipinski definition) is 4. The Balaban J connectivity index is 2.25. The van der Waals surface area contributed by atoms with E-state index in [2.05, 4.69) is 30.8 Å². The number of carbonyl (C=O) groups excluding carboxylic acids is 1. The molecule has 2 aromatic rings. The van der Waals surface area contributed by atoms with E-state index in [9.17, 15) is 13.2 Å². The average Bonchev–Trinajstić information content (AvgIpc) is 2.59. The van der Waals surface area contributed by atoms with Crippen molar-refractivity contribution in [3.63, 3.8) is 0 Å². The fourth-order valence-corrected chi connectivity index (χ4v) is 4.60. The number of hydrogen-bond donors (Lipinski definition) is 2. The molecule has 0 atom stereocenters. The Morgan fingerprint density at radius 1 is 1.00 bits per heavy atom. The van der Waals surface area contributed by atoms with Gasteiger partial charge >= 0.3 is 0 Å². The molecule has 158 valence electrons. The van der Waals surface area contributed by atoms with Crippen LogP contribution in [0.15, 0.2) is 53.4 Å². The van der Waals surface area contributed by atoms with Gasteiger partial charge in [-0.3, -0.25) is 9.52 Å². The quantitative estimate of drug-likeness (QED) is 0.696. The number of methoxy groups -OCH3 is 1. The van der Waals surface area contributed by atoms with Gasteiger partial charge in [0.2, 0.25) is 0 Å². The van der Waals surface area contributed by atoms with Crippen LogP contribution >= 0.6 is 0 Å². The Kier molecular flexibility index (Phi) is 6.63. The molecule has 7 heteroatoms. The van der Waals surface area contributed by atoms with Gasteiger partial charge in [0.25, 0.3) is 15.9 Å². The number of ether oxygens (including phenoxy) is 1. The number of amides is 1. The van der Waals surface area contributed by atoms with Crippen LogP contribution in [-0.2, 0) is 10.0 Å². The molecular weight excluding hydrogens is 388 g/mol. The van der Waals surface area contributed by atoms with Gasteiger partial charge < -0.3 is 10.1 Å². The number of sulfonamides is 1. The lowest BCUT2D eigenvalue weighted by atomic mass is 9.81. The molecular formula is C22H30N2O4S. The second kappa shape index (κ2) is 8.45. The average molecular weight is 419 g/mol. The van der Waals surface area contributed by atoms with Crippen LogP contribution < -0.4 is 14.8 Å². The van der Waals surface area contributed by atoms with Crippen molar-refractivity contribution in [3.05, 3.63) is 54.1 Å². The predicted molar refractivity (Wildman–Crippen MR) is 116 cm³/mol. The van der Waals surface area contributed by atoms with E-state index in [1.807, 2.05) is 13.8 Å². The number of nitrogens with one attached hydrogen (secondary N) is 2. The van der Waals surface area contributed by atoms with Crippen molar-refractivity contribution in [1.29, 1.82) is 0 Å². The number of benzene rings is 2. The highest BCUT2D eigenvalue weighted by Crippen LogP contribution is 2.28. The summed E-state index contributed by atoms with van der Waals surface area (Å²) in [4.78, 5) is 12.7. The van der Waals surface area contributed by atoms with Gasteiger partial charge in [0.1, 0.15) is 5.75 Å². The van der Waals surface area contributed by atoms with Crippen LogP contribution in [0.1, 0.15) is 51.4 Å². The molecule has 29 heavy (non-hydrogen) atoms. The van der Waals surface area contributed by atoms with Gasteiger partial charge in [-0.05, 0) is 56.0 Å². The molecule has 0 radical (unpaired) electrons. The molecule has 1 amide bonds. The third-order valence-corrected chi connectivity index (χ3v) is 5.55. The lowest BCUT2D eigenvalue weighted by molar-refractivity contribution is 0.0891. The maximum absolute atomic E-state index is 12.8. The van der Waals surface area contributed by atoms with E-state index in [0.29, 0.717) is 11.4 Å². The van der Waals surface area contributed by atoms with Crippen LogP contribution in [0.4, 0.5) is 5.69 Å². The van der Waals surface area contributed by atoms with Gasteiger partial charge in [-0.2, -0.15) is 0 Å². The van der Waals surface area contributed by atoms with Gasteiger partial charge in [-0.1, -0.05) is 39.0 Å². The van der Waals surface area contributed by atoms with Gasteiger partial charge in [0, 0.05) is 11.1 Å². The van der Waals surface area contributed by atoms with Gasteiger partial charge in [0.15, 0.2) is 0 Å². The molecule has 0 aliphatic carbocycles. The molecule has 0 fully saturated rings. The smallest absolute Gasteiger partial charge is 0.262 e. The van der Waals surface area contributed by atoms with Crippen molar-refractivity contribution in [1.82, 2.24) is 5.32 Å². The number of carbonyl (C=O) groups is 1. The Labute approximate surface area is 173 Å². The van der Waals surface area contributed by atoms with E-state index in [1.54, 1.807) is 36.4 Å². The van der Waals surface area contributed by atoms with Gasteiger partial charge in [-0.15, -0.1) is 0 Å². The fourth-order valence-electron chi connectivity index (χ4n) is 3.49. The molecule has 0 saturated heterocycles. The van der Waals surface area contributed by atoms with Crippen molar-refractivity contribution in [3.8, 4) is 5.75 Å². The van der Waals surface area contributed by atoms with Gasteiger partial charge in [0.05, 0.1) is 17.7 Å². The molecule has 2 aromatic carbocycles. The lowest BCUT2D eigenvalue weighted by Crippen LogP contribution is -2.45. The number of rotatable bonds is 7. The van der Waals surface area contributed by atoms with E-state index < -0.39 is 15.6 Å². The maximum atomic E-state index is 12.8. The first kappa shape index (κ1) is 22.7. The molecule has 0 aromatic heterocycles. The molecule has 2 rings (SSSR count). The van der Waals surface area contributed by atoms with E-state index in [0.717, 1.165) is 6.42 Å². The summed E-state index contributed by atoms with van der Waals surface area (Å²) in [6.07, 6.45) is 0.777. The first-order valence-corrected chi connectivity index (χ1v) is 10.9. The summed E-state index contributed by atoms with van der Waals surface area (Å²) in [5.41, 5.74) is 0.228. The van der Waals surface area contributed by atoms with E-state index in [1.165, 1.54) is 19.2 Å². The molecule has 0 heterocycles. The minimum atomic E-state index is -3.88. The molecule has 6 nitrogen and oxygen atoms in total. The van der Waals surface area contributed by atoms with Crippen molar-refractivity contribution >= 4 is 21.6 Å². The SMILES string of the molecule is COc1ccccc1NS(=O)(=O)c1cccc(C(=O)NC(C)(C)CC(C)(C)C)c1. The largest absolute Gasteiger partial charge is 0.495 e. The van der Waals surface area contributed by atoms with Crippen LogP contribution in [0.25, 0.3) is 0 Å². The van der Waals surface area contributed by atoms with E-state index in [4.69, 9.17) is 4.74 Å². The monoisotopic (exact) mass is 418 g/mol. The highest BCUT2D eigenvalue weighted by molar-refractivity contribution is 7.92. The van der Waals surface area contributed by atoms with Crippen LogP contribution in [0, 0.1) is 5.41 Å². The van der Waals surface area contributed by atoms with Crippen molar-refractivity contribution in [2.24, 2.45) is 5.41 Å². The predicted octanol–water partition coefficient (Wildman–Crippen LogP) is 4.44. The van der Waals surface area contributed by atoms with Crippen molar-refractivity contribution < 1.29 is 17.9 Å². The van der Waals surface area contributed by atoms with Crippen molar-refractivity contribution in [2.75, 3.05) is 11.8 Å². The number of anilines is 1. The standard InChI is InChI=1S/C22H30N2O4S/c1-21(2,3)15-22(4,5)23-20(25)16-10-9-11-17(14-16)29(26,27)24-18-12-7-8-13-19(18)28-6/h7-14,24H,15H2,1-6H3,(H,23,25). The van der Waals surface area contributed by atoms with Crippen molar-refractivity contribution in [2.45, 2.75) is 51.5 Å². The molecule has 0 aliphatic rings. The van der Waals surface area contributed by atoms with E-state index in [-0.39, 0.29) is 21.8 Å². The summed E-state index contributed by atoms with van der Waals surface area (Å²) in [5.74, 6) is 0.0995.